The smallest absolute Gasteiger partial charge is 0.202 e. The number of hydrogen-bond acceptors (Lipinski definition) is 2. The van der Waals surface area contributed by atoms with Crippen molar-refractivity contribution in [3.8, 4) is 0 Å². The first-order chi connectivity index (χ1) is 14.1. The zero-order chi connectivity index (χ0) is 21.8. The van der Waals surface area contributed by atoms with E-state index < -0.39 is 0 Å². The Morgan fingerprint density at radius 3 is 2.20 bits per heavy atom. The van der Waals surface area contributed by atoms with Crippen LogP contribution >= 0.6 is 0 Å². The van der Waals surface area contributed by atoms with Gasteiger partial charge < -0.3 is 0 Å². The molecule has 0 saturated heterocycles. The van der Waals surface area contributed by atoms with Gasteiger partial charge in [0, 0.05) is 11.8 Å². The van der Waals surface area contributed by atoms with Gasteiger partial charge in [-0.25, -0.2) is 0 Å². The molecule has 4 aliphatic rings. The highest BCUT2D eigenvalue weighted by Gasteiger charge is 2.64. The molecular weight excluding hydrogens is 368 g/mol. The van der Waals surface area contributed by atoms with Crippen molar-refractivity contribution < 1.29 is 9.59 Å². The molecule has 0 spiro atoms. The molecule has 170 valence electrons. The fourth-order valence-corrected chi connectivity index (χ4v) is 8.85. The number of carbonyl (C=O) groups is 2. The number of hydrogen-bond donors (Lipinski definition) is 0. The van der Waals surface area contributed by atoms with Crippen LogP contribution in [-0.4, -0.2) is 11.6 Å². The van der Waals surface area contributed by atoms with Crippen LogP contribution in [-0.2, 0) is 9.59 Å². The lowest BCUT2D eigenvalue weighted by atomic mass is 9.44. The van der Waals surface area contributed by atoms with Crippen LogP contribution in [0.2, 0.25) is 0 Å². The molecule has 0 radical (unpaired) electrons. The Hall–Kier alpha value is -0.660. The predicted molar refractivity (Wildman–Crippen MR) is 123 cm³/mol. The Kier molecular flexibility index (Phi) is 6.04. The lowest BCUT2D eigenvalue weighted by Gasteiger charge is -2.59. The van der Waals surface area contributed by atoms with Crippen LogP contribution in [0.3, 0.4) is 0 Å². The van der Waals surface area contributed by atoms with Crippen molar-refractivity contribution in [2.24, 2.45) is 58.2 Å². The van der Waals surface area contributed by atoms with Gasteiger partial charge in [-0.15, -0.1) is 0 Å². The van der Waals surface area contributed by atoms with Crippen LogP contribution in [0.4, 0.5) is 0 Å². The highest BCUT2D eigenvalue weighted by Crippen LogP contribution is 2.67. The predicted octanol–water partition coefficient (Wildman–Crippen LogP) is 7.10. The average Bonchev–Trinajstić information content (AvgIpc) is 3.06. The summed E-state index contributed by atoms with van der Waals surface area (Å²) in [6.45, 7) is 14.4. The summed E-state index contributed by atoms with van der Waals surface area (Å²) in [6, 6.07) is 0. The zero-order valence-electron chi connectivity index (χ0n) is 20.5. The second-order valence-corrected chi connectivity index (χ2v) is 12.8. The largest absolute Gasteiger partial charge is 0.291 e. The van der Waals surface area contributed by atoms with E-state index in [-0.39, 0.29) is 34.2 Å². The molecule has 2 heteroatoms. The Morgan fingerprint density at radius 1 is 0.800 bits per heavy atom. The number of ketones is 2. The standard InChI is InChI=1S/C28H46O2/c1-17(2)18(3)10-11-19(4)20-12-13-21-24-22(14-16-28(20,21)6)27(5)15-8-7-9-23(27)25(29)26(24)30/h17-24H,7-16H2,1-6H3/t18-,19+,20+,21-,22-,23+,24-,27+,28+/m0/s1. The molecule has 0 bridgehead atoms. The highest BCUT2D eigenvalue weighted by molar-refractivity contribution is 6.39. The SMILES string of the molecule is CC(C)[C@@H](C)CC[C@@H](C)[C@H]1CC[C@H]2[C@@H]3C(=O)C(=O)[C@H]4CCCC[C@]4(C)[C@H]3CC[C@]12C. The van der Waals surface area contributed by atoms with Crippen molar-refractivity contribution >= 4 is 11.6 Å². The van der Waals surface area contributed by atoms with Gasteiger partial charge in [-0.3, -0.25) is 9.59 Å². The summed E-state index contributed by atoms with van der Waals surface area (Å²) in [5.74, 6) is 4.02. The van der Waals surface area contributed by atoms with Crippen LogP contribution in [0.1, 0.15) is 106 Å². The van der Waals surface area contributed by atoms with E-state index in [2.05, 4.69) is 41.5 Å². The van der Waals surface area contributed by atoms with Crippen molar-refractivity contribution in [1.82, 2.24) is 0 Å². The summed E-state index contributed by atoms with van der Waals surface area (Å²) in [4.78, 5) is 26.7. The molecule has 0 heterocycles. The van der Waals surface area contributed by atoms with Crippen LogP contribution in [0.25, 0.3) is 0 Å². The maximum absolute atomic E-state index is 13.5. The summed E-state index contributed by atoms with van der Waals surface area (Å²) < 4.78 is 0. The molecule has 9 atom stereocenters. The summed E-state index contributed by atoms with van der Waals surface area (Å²) in [7, 11) is 0. The third-order valence-electron chi connectivity index (χ3n) is 11.2. The molecule has 0 aromatic carbocycles. The number of carbonyl (C=O) groups excluding carboxylic acids is 2. The van der Waals surface area contributed by atoms with E-state index in [0.29, 0.717) is 11.8 Å². The van der Waals surface area contributed by atoms with Gasteiger partial charge >= 0.3 is 0 Å². The van der Waals surface area contributed by atoms with Gasteiger partial charge in [0.2, 0.25) is 11.6 Å². The Bertz CT molecular complexity index is 680. The minimum Gasteiger partial charge on any atom is -0.291 e. The number of Topliss-reactive ketones (excluding diaryl/α,β-unsaturated/α-hetero) is 2. The van der Waals surface area contributed by atoms with E-state index in [1.165, 1.54) is 44.9 Å². The molecule has 0 amide bonds. The van der Waals surface area contributed by atoms with Crippen molar-refractivity contribution in [3.05, 3.63) is 0 Å². The van der Waals surface area contributed by atoms with Crippen molar-refractivity contribution in [2.45, 2.75) is 106 Å². The molecule has 4 saturated carbocycles. The van der Waals surface area contributed by atoms with Crippen LogP contribution in [0, 0.1) is 58.2 Å². The summed E-state index contributed by atoms with van der Waals surface area (Å²) in [5.41, 5.74) is 0.348. The molecule has 0 aliphatic heterocycles. The Labute approximate surface area is 185 Å². The normalized spacial score (nSPS) is 45.6. The minimum atomic E-state index is 0.0185. The molecule has 0 N–H and O–H groups in total. The van der Waals surface area contributed by atoms with Gasteiger partial charge in [-0.1, -0.05) is 67.2 Å². The van der Waals surface area contributed by atoms with Crippen molar-refractivity contribution in [2.75, 3.05) is 0 Å². The second kappa shape index (κ2) is 8.04. The van der Waals surface area contributed by atoms with Crippen LogP contribution < -0.4 is 0 Å². The monoisotopic (exact) mass is 414 g/mol. The molecule has 2 nitrogen and oxygen atoms in total. The van der Waals surface area contributed by atoms with Crippen molar-refractivity contribution in [3.63, 3.8) is 0 Å². The maximum Gasteiger partial charge on any atom is 0.202 e. The number of rotatable bonds is 5. The van der Waals surface area contributed by atoms with Gasteiger partial charge in [0.15, 0.2) is 0 Å². The maximum atomic E-state index is 13.5. The van der Waals surface area contributed by atoms with E-state index in [1.54, 1.807) is 0 Å². The minimum absolute atomic E-state index is 0.0185. The van der Waals surface area contributed by atoms with E-state index >= 15 is 0 Å². The third kappa shape index (κ3) is 3.34. The van der Waals surface area contributed by atoms with Gasteiger partial charge in [0.25, 0.3) is 0 Å². The quantitative estimate of drug-likeness (QED) is 0.449. The number of fused-ring (bicyclic) bond motifs is 5. The highest BCUT2D eigenvalue weighted by atomic mass is 16.2. The molecule has 0 unspecified atom stereocenters. The van der Waals surface area contributed by atoms with Gasteiger partial charge in [0.1, 0.15) is 0 Å². The van der Waals surface area contributed by atoms with Gasteiger partial charge in [0.05, 0.1) is 0 Å². The van der Waals surface area contributed by atoms with E-state index in [9.17, 15) is 9.59 Å². The third-order valence-corrected chi connectivity index (χ3v) is 11.2. The second-order valence-electron chi connectivity index (χ2n) is 12.8. The molecule has 4 fully saturated rings. The lowest BCUT2D eigenvalue weighted by Crippen LogP contribution is -2.60. The molecule has 30 heavy (non-hydrogen) atoms. The Balaban J connectivity index is 1.55. The fraction of sp³-hybridized carbons (Fsp3) is 0.929. The summed E-state index contributed by atoms with van der Waals surface area (Å²) in [6.07, 6.45) is 12.0. The van der Waals surface area contributed by atoms with E-state index in [0.717, 1.165) is 42.9 Å². The van der Waals surface area contributed by atoms with Crippen molar-refractivity contribution in [1.29, 1.82) is 0 Å². The van der Waals surface area contributed by atoms with Gasteiger partial charge in [-0.05, 0) is 84.9 Å². The lowest BCUT2D eigenvalue weighted by molar-refractivity contribution is -0.168. The van der Waals surface area contributed by atoms with Gasteiger partial charge in [-0.2, -0.15) is 0 Å². The Morgan fingerprint density at radius 2 is 1.50 bits per heavy atom. The van der Waals surface area contributed by atoms with Crippen LogP contribution in [0.5, 0.6) is 0 Å². The first-order valence-corrected chi connectivity index (χ1v) is 13.2. The van der Waals surface area contributed by atoms with Crippen LogP contribution in [0.15, 0.2) is 0 Å². The fourth-order valence-electron chi connectivity index (χ4n) is 8.85. The zero-order valence-corrected chi connectivity index (χ0v) is 20.5. The average molecular weight is 415 g/mol. The topological polar surface area (TPSA) is 34.1 Å². The molecule has 4 rings (SSSR count). The summed E-state index contributed by atoms with van der Waals surface area (Å²) >= 11 is 0. The molecular formula is C28H46O2. The molecule has 4 aliphatic carbocycles. The van der Waals surface area contributed by atoms with E-state index in [4.69, 9.17) is 0 Å². The molecule has 0 aromatic heterocycles. The molecule has 0 aromatic rings. The first kappa shape index (κ1) is 22.5. The van der Waals surface area contributed by atoms with E-state index in [1.807, 2.05) is 0 Å². The summed E-state index contributed by atoms with van der Waals surface area (Å²) in [5, 5.41) is 0. The first-order valence-electron chi connectivity index (χ1n) is 13.2.